The fraction of sp³-hybridized carbons (Fsp3) is 0.500. The van der Waals surface area contributed by atoms with Crippen molar-refractivity contribution in [2.24, 2.45) is 0 Å². The maximum Gasteiger partial charge on any atom is 0.227 e. The average molecular weight is 339 g/mol. The summed E-state index contributed by atoms with van der Waals surface area (Å²) in [5, 5.41) is 13.3. The van der Waals surface area contributed by atoms with E-state index in [1.165, 1.54) is 12.8 Å². The highest BCUT2D eigenvalue weighted by molar-refractivity contribution is 5.92. The number of carbonyl (C=O) groups is 1. The molecule has 5 nitrogen and oxygen atoms in total. The number of rotatable bonds is 4. The summed E-state index contributed by atoms with van der Waals surface area (Å²) in [5.41, 5.74) is 1.92. The molecule has 0 radical (unpaired) electrons. The quantitative estimate of drug-likeness (QED) is 0.895. The van der Waals surface area contributed by atoms with E-state index < -0.39 is 5.60 Å². The van der Waals surface area contributed by atoms with E-state index in [0.29, 0.717) is 0 Å². The van der Waals surface area contributed by atoms with Gasteiger partial charge in [0.25, 0.3) is 0 Å². The Balaban J connectivity index is 1.47. The van der Waals surface area contributed by atoms with Crippen LogP contribution < -0.4 is 5.32 Å². The van der Waals surface area contributed by atoms with Crippen LogP contribution in [0.3, 0.4) is 0 Å². The highest BCUT2D eigenvalue weighted by atomic mass is 16.3. The van der Waals surface area contributed by atoms with Crippen LogP contribution >= 0.6 is 0 Å². The molecule has 2 aliphatic rings. The van der Waals surface area contributed by atoms with Crippen LogP contribution in [0.2, 0.25) is 0 Å². The van der Waals surface area contributed by atoms with Gasteiger partial charge in [-0.1, -0.05) is 25.0 Å². The zero-order chi connectivity index (χ0) is 17.3. The molecule has 132 valence electrons. The maximum atomic E-state index is 12.3. The van der Waals surface area contributed by atoms with Crippen LogP contribution in [0.5, 0.6) is 0 Å². The second-order valence-corrected chi connectivity index (χ2v) is 7.43. The molecule has 0 spiro atoms. The molecule has 1 amide bonds. The monoisotopic (exact) mass is 339 g/mol. The number of hydrogen-bond donors (Lipinski definition) is 2. The lowest BCUT2D eigenvalue weighted by Gasteiger charge is -2.21. The molecule has 0 unspecified atom stereocenters. The van der Waals surface area contributed by atoms with Gasteiger partial charge in [-0.2, -0.15) is 0 Å². The first-order valence-electron chi connectivity index (χ1n) is 9.30. The Morgan fingerprint density at radius 2 is 2.08 bits per heavy atom. The van der Waals surface area contributed by atoms with Crippen LogP contribution in [-0.4, -0.2) is 26.2 Å². The molecule has 0 saturated heterocycles. The van der Waals surface area contributed by atoms with Crippen molar-refractivity contribution in [1.82, 2.24) is 9.55 Å². The highest BCUT2D eigenvalue weighted by Gasteiger charge is 2.33. The van der Waals surface area contributed by atoms with Gasteiger partial charge < -0.3 is 15.0 Å². The smallest absolute Gasteiger partial charge is 0.227 e. The predicted octanol–water partition coefficient (Wildman–Crippen LogP) is 3.52. The molecule has 1 fully saturated rings. The van der Waals surface area contributed by atoms with Gasteiger partial charge in [-0.3, -0.25) is 4.79 Å². The molecule has 4 rings (SSSR count). The van der Waals surface area contributed by atoms with E-state index in [1.54, 1.807) is 0 Å². The van der Waals surface area contributed by atoms with Crippen LogP contribution in [0.25, 0.3) is 11.3 Å². The van der Waals surface area contributed by atoms with Gasteiger partial charge in [0.1, 0.15) is 5.82 Å². The van der Waals surface area contributed by atoms with Crippen molar-refractivity contribution in [3.05, 3.63) is 36.3 Å². The molecule has 0 bridgehead atoms. The highest BCUT2D eigenvalue weighted by Crippen LogP contribution is 2.32. The molecule has 2 heterocycles. The fourth-order valence-corrected chi connectivity index (χ4v) is 4.02. The van der Waals surface area contributed by atoms with Crippen molar-refractivity contribution in [2.45, 2.75) is 63.5 Å². The van der Waals surface area contributed by atoms with E-state index in [4.69, 9.17) is 4.98 Å². The average Bonchev–Trinajstić information content (AvgIpc) is 3.21. The number of hydrogen-bond acceptors (Lipinski definition) is 3. The zero-order valence-corrected chi connectivity index (χ0v) is 14.5. The fourth-order valence-electron chi connectivity index (χ4n) is 4.02. The van der Waals surface area contributed by atoms with Crippen LogP contribution in [0.1, 0.15) is 50.8 Å². The summed E-state index contributed by atoms with van der Waals surface area (Å²) in [7, 11) is 0. The molecule has 0 atom stereocenters. The molecule has 1 aromatic carbocycles. The van der Waals surface area contributed by atoms with Gasteiger partial charge in [0, 0.05) is 30.4 Å². The Morgan fingerprint density at radius 1 is 1.24 bits per heavy atom. The number of carbonyl (C=O) groups excluding carboxylic acids is 1. The normalized spacial score (nSPS) is 18.8. The van der Waals surface area contributed by atoms with Crippen molar-refractivity contribution < 1.29 is 9.90 Å². The third-order valence-electron chi connectivity index (χ3n) is 5.37. The van der Waals surface area contributed by atoms with Gasteiger partial charge in [-0.25, -0.2) is 4.98 Å². The van der Waals surface area contributed by atoms with E-state index in [-0.39, 0.29) is 12.3 Å². The lowest BCUT2D eigenvalue weighted by molar-refractivity contribution is -0.120. The van der Waals surface area contributed by atoms with Crippen LogP contribution in [0.15, 0.2) is 30.5 Å². The van der Waals surface area contributed by atoms with E-state index in [0.717, 1.165) is 61.4 Å². The lowest BCUT2D eigenvalue weighted by atomic mass is 9.97. The number of nitrogens with zero attached hydrogens (tertiary/aromatic N) is 2. The number of anilines is 1. The summed E-state index contributed by atoms with van der Waals surface area (Å²) >= 11 is 0. The number of aryl methyl sites for hydroxylation is 2. The molecular formula is C20H25N3O2. The first-order chi connectivity index (χ1) is 12.1. The van der Waals surface area contributed by atoms with Crippen molar-refractivity contribution in [1.29, 1.82) is 0 Å². The molecule has 1 aliphatic carbocycles. The van der Waals surface area contributed by atoms with Gasteiger partial charge in [-0.15, -0.1) is 0 Å². The van der Waals surface area contributed by atoms with Crippen LogP contribution in [0.4, 0.5) is 5.69 Å². The molecular weight excluding hydrogens is 314 g/mol. The number of aliphatic hydroxyl groups is 1. The molecule has 1 aromatic heterocycles. The minimum Gasteiger partial charge on any atom is -0.389 e. The summed E-state index contributed by atoms with van der Waals surface area (Å²) in [6.45, 7) is 1.04. The number of fused-ring (bicyclic) bond motifs is 1. The topological polar surface area (TPSA) is 67.2 Å². The molecule has 25 heavy (non-hydrogen) atoms. The Hall–Kier alpha value is -2.14. The van der Waals surface area contributed by atoms with Gasteiger partial charge in [0.05, 0.1) is 17.7 Å². The third-order valence-corrected chi connectivity index (χ3v) is 5.37. The summed E-state index contributed by atoms with van der Waals surface area (Å²) in [6.07, 6.45) is 9.19. The van der Waals surface area contributed by atoms with Gasteiger partial charge in [0.2, 0.25) is 5.91 Å². The van der Waals surface area contributed by atoms with Crippen LogP contribution in [0, 0.1) is 0 Å². The van der Waals surface area contributed by atoms with Crippen molar-refractivity contribution >= 4 is 11.6 Å². The second-order valence-electron chi connectivity index (χ2n) is 7.43. The summed E-state index contributed by atoms with van der Waals surface area (Å²) in [4.78, 5) is 17.0. The van der Waals surface area contributed by atoms with E-state index in [9.17, 15) is 9.90 Å². The molecule has 2 N–H and O–H groups in total. The van der Waals surface area contributed by atoms with Gasteiger partial charge in [0.15, 0.2) is 0 Å². The van der Waals surface area contributed by atoms with Crippen molar-refractivity contribution in [3.8, 4) is 11.3 Å². The van der Waals surface area contributed by atoms with Crippen molar-refractivity contribution in [2.75, 3.05) is 5.32 Å². The van der Waals surface area contributed by atoms with Crippen LogP contribution in [-0.2, 0) is 17.8 Å². The zero-order valence-electron chi connectivity index (χ0n) is 14.5. The summed E-state index contributed by atoms with van der Waals surface area (Å²) in [5.74, 6) is 1.03. The second kappa shape index (κ2) is 6.64. The molecule has 1 aliphatic heterocycles. The lowest BCUT2D eigenvalue weighted by Crippen LogP contribution is -2.30. The predicted molar refractivity (Wildman–Crippen MR) is 97.3 cm³/mol. The summed E-state index contributed by atoms with van der Waals surface area (Å²) < 4.78 is 2.24. The van der Waals surface area contributed by atoms with Gasteiger partial charge in [-0.05, 0) is 37.8 Å². The largest absolute Gasteiger partial charge is 0.389 e. The molecule has 2 aromatic rings. The molecule has 5 heteroatoms. The van der Waals surface area contributed by atoms with E-state index in [2.05, 4.69) is 16.1 Å². The summed E-state index contributed by atoms with van der Waals surface area (Å²) in [6, 6.07) is 7.81. The van der Waals surface area contributed by atoms with E-state index in [1.807, 2.05) is 24.3 Å². The standard InChI is InChI=1S/C20H25N3O2/c24-19(13-20(25)9-2-3-10-20)21-16-7-5-6-15(12-16)17-14-23-11-4-1-8-18(23)22-17/h5-7,12,14,25H,1-4,8-11,13H2,(H,21,24). The minimum atomic E-state index is -0.815. The maximum absolute atomic E-state index is 12.3. The number of imidazole rings is 1. The SMILES string of the molecule is O=C(CC1(O)CCCC1)Nc1cccc(-c2cn3c(n2)CCCC3)c1. The molecule has 1 saturated carbocycles. The third kappa shape index (κ3) is 3.61. The number of amides is 1. The van der Waals surface area contributed by atoms with E-state index >= 15 is 0 Å². The Kier molecular flexibility index (Phi) is 4.34. The number of aromatic nitrogens is 2. The first-order valence-corrected chi connectivity index (χ1v) is 9.30. The minimum absolute atomic E-state index is 0.120. The van der Waals surface area contributed by atoms with Gasteiger partial charge >= 0.3 is 0 Å². The van der Waals surface area contributed by atoms with Crippen molar-refractivity contribution in [3.63, 3.8) is 0 Å². The Labute approximate surface area is 148 Å². The number of benzene rings is 1. The number of nitrogens with one attached hydrogen (secondary N) is 1. The Bertz CT molecular complexity index is 751. The Morgan fingerprint density at radius 3 is 2.88 bits per heavy atom. The first kappa shape index (κ1) is 16.3.